The van der Waals surface area contributed by atoms with Crippen molar-refractivity contribution < 1.29 is 13.2 Å². The molecule has 2 fully saturated rings. The molecule has 1 amide bonds. The fraction of sp³-hybridized carbons (Fsp3) is 0.500. The van der Waals surface area contributed by atoms with E-state index in [2.05, 4.69) is 4.99 Å². The average Bonchev–Trinajstić information content (AvgIpc) is 2.93. The monoisotopic (exact) mass is 352 g/mol. The number of aryl methyl sites for hydroxylation is 1. The van der Waals surface area contributed by atoms with Crippen molar-refractivity contribution in [3.05, 3.63) is 29.3 Å². The lowest BCUT2D eigenvalue weighted by Gasteiger charge is -2.26. The van der Waals surface area contributed by atoms with Gasteiger partial charge >= 0.3 is 0 Å². The van der Waals surface area contributed by atoms with Crippen molar-refractivity contribution in [3.63, 3.8) is 0 Å². The zero-order valence-electron chi connectivity index (χ0n) is 13.4. The number of hydrogen-bond donors (Lipinski definition) is 0. The van der Waals surface area contributed by atoms with Gasteiger partial charge in [-0.3, -0.25) is 4.79 Å². The molecule has 0 aromatic heterocycles. The molecule has 0 saturated carbocycles. The Balaban J connectivity index is 2.09. The number of thioether (sulfide) groups is 1. The number of rotatable bonds is 2. The number of carbonyl (C=O) groups is 1. The van der Waals surface area contributed by atoms with E-state index in [1.807, 2.05) is 36.9 Å². The topological polar surface area (TPSA) is 66.8 Å². The first kappa shape index (κ1) is 16.5. The van der Waals surface area contributed by atoms with Crippen LogP contribution in [0.25, 0.3) is 0 Å². The number of nitrogens with zero attached hydrogens (tertiary/aromatic N) is 2. The second-order valence-electron chi connectivity index (χ2n) is 6.03. The van der Waals surface area contributed by atoms with E-state index in [9.17, 15) is 13.2 Å². The zero-order valence-corrected chi connectivity index (χ0v) is 15.1. The van der Waals surface area contributed by atoms with E-state index >= 15 is 0 Å². The van der Waals surface area contributed by atoms with Crippen molar-refractivity contribution in [2.45, 2.75) is 38.5 Å². The normalized spacial score (nSPS) is 27.4. The van der Waals surface area contributed by atoms with Gasteiger partial charge in [0, 0.05) is 17.4 Å². The van der Waals surface area contributed by atoms with E-state index in [0.717, 1.165) is 16.8 Å². The molecule has 1 aromatic carbocycles. The molecule has 2 aliphatic rings. The smallest absolute Gasteiger partial charge is 0.247 e. The third-order valence-corrected chi connectivity index (χ3v) is 7.63. The van der Waals surface area contributed by atoms with E-state index in [-0.39, 0.29) is 28.7 Å². The number of amidine groups is 1. The van der Waals surface area contributed by atoms with Crippen LogP contribution >= 0.6 is 11.8 Å². The second kappa shape index (κ2) is 5.94. The van der Waals surface area contributed by atoms with E-state index in [4.69, 9.17) is 0 Å². The molecule has 2 atom stereocenters. The summed E-state index contributed by atoms with van der Waals surface area (Å²) < 4.78 is 24.0. The highest BCUT2D eigenvalue weighted by Crippen LogP contribution is 2.42. The molecular weight excluding hydrogens is 332 g/mol. The van der Waals surface area contributed by atoms with Gasteiger partial charge in [0.1, 0.15) is 0 Å². The minimum Gasteiger partial charge on any atom is -0.315 e. The van der Waals surface area contributed by atoms with Crippen LogP contribution in [-0.4, -0.2) is 42.3 Å². The molecule has 124 valence electrons. The van der Waals surface area contributed by atoms with Crippen LogP contribution in [0.2, 0.25) is 0 Å². The van der Waals surface area contributed by atoms with Crippen LogP contribution in [0.1, 0.15) is 24.5 Å². The molecule has 23 heavy (non-hydrogen) atoms. The van der Waals surface area contributed by atoms with Gasteiger partial charge in [-0.15, -0.1) is 0 Å². The van der Waals surface area contributed by atoms with E-state index in [1.165, 1.54) is 11.8 Å². The summed E-state index contributed by atoms with van der Waals surface area (Å²) in [6.07, 6.45) is 0.346. The zero-order chi connectivity index (χ0) is 16.8. The second-order valence-corrected chi connectivity index (χ2v) is 9.39. The van der Waals surface area contributed by atoms with E-state index in [0.29, 0.717) is 11.6 Å². The van der Waals surface area contributed by atoms with Gasteiger partial charge in [-0.25, -0.2) is 8.42 Å². The third kappa shape index (κ3) is 3.04. The Morgan fingerprint density at radius 3 is 2.78 bits per heavy atom. The maximum absolute atomic E-state index is 12.0. The molecule has 5 nitrogen and oxygen atoms in total. The maximum Gasteiger partial charge on any atom is 0.247 e. The standard InChI is InChI=1S/C16H20N2O3S2/c1-4-15(19)17-16-18(12-7-5-6-10(2)11(12)3)13-8-23(20,21)9-14(13)22-16/h5-7,13-14H,4,8-9H2,1-3H3/t13-,14-/m0/s1. The highest BCUT2D eigenvalue weighted by Gasteiger charge is 2.49. The Morgan fingerprint density at radius 2 is 2.09 bits per heavy atom. The van der Waals surface area contributed by atoms with Gasteiger partial charge in [0.05, 0.1) is 17.5 Å². The Labute approximate surface area is 141 Å². The number of aliphatic imine (C=N–C) groups is 1. The predicted octanol–water partition coefficient (Wildman–Crippen LogP) is 2.31. The first-order chi connectivity index (χ1) is 10.8. The molecule has 2 aliphatic heterocycles. The van der Waals surface area contributed by atoms with Gasteiger partial charge in [0.2, 0.25) is 5.91 Å². The Hall–Kier alpha value is -1.34. The van der Waals surface area contributed by atoms with Gasteiger partial charge < -0.3 is 4.90 Å². The highest BCUT2D eigenvalue weighted by atomic mass is 32.2. The van der Waals surface area contributed by atoms with Gasteiger partial charge in [-0.1, -0.05) is 30.8 Å². The number of hydrogen-bond acceptors (Lipinski definition) is 4. The van der Waals surface area contributed by atoms with Crippen LogP contribution in [0.4, 0.5) is 5.69 Å². The van der Waals surface area contributed by atoms with Crippen molar-refractivity contribution in [1.82, 2.24) is 0 Å². The first-order valence-corrected chi connectivity index (χ1v) is 10.4. The first-order valence-electron chi connectivity index (χ1n) is 7.66. The number of carbonyl (C=O) groups excluding carboxylic acids is 1. The minimum atomic E-state index is -3.03. The summed E-state index contributed by atoms with van der Waals surface area (Å²) in [4.78, 5) is 18.0. The SMILES string of the molecule is CCC(=O)N=C1S[C@H]2CS(=O)(=O)C[C@@H]2N1c1cccc(C)c1C. The van der Waals surface area contributed by atoms with Crippen LogP contribution in [0, 0.1) is 13.8 Å². The summed E-state index contributed by atoms with van der Waals surface area (Å²) in [5.74, 6) is 0.103. The summed E-state index contributed by atoms with van der Waals surface area (Å²) in [5.41, 5.74) is 3.18. The third-order valence-electron chi connectivity index (χ3n) is 4.42. The summed E-state index contributed by atoms with van der Waals surface area (Å²) in [5, 5.41) is 0.582. The molecule has 1 aromatic rings. The molecule has 0 radical (unpaired) electrons. The van der Waals surface area contributed by atoms with Crippen molar-refractivity contribution in [2.75, 3.05) is 16.4 Å². The van der Waals surface area contributed by atoms with Crippen LogP contribution in [-0.2, 0) is 14.6 Å². The summed E-state index contributed by atoms with van der Waals surface area (Å²) in [7, 11) is -3.03. The van der Waals surface area contributed by atoms with Crippen LogP contribution in [0.3, 0.4) is 0 Å². The van der Waals surface area contributed by atoms with Crippen molar-refractivity contribution in [1.29, 1.82) is 0 Å². The molecule has 7 heteroatoms. The predicted molar refractivity (Wildman–Crippen MR) is 94.9 cm³/mol. The summed E-state index contributed by atoms with van der Waals surface area (Å²) in [6, 6.07) is 5.81. The average molecular weight is 352 g/mol. The van der Waals surface area contributed by atoms with Crippen molar-refractivity contribution in [2.24, 2.45) is 4.99 Å². The van der Waals surface area contributed by atoms with Gasteiger partial charge in [-0.2, -0.15) is 4.99 Å². The minimum absolute atomic E-state index is 0.0525. The Bertz CT molecular complexity index is 787. The lowest BCUT2D eigenvalue weighted by molar-refractivity contribution is -0.117. The maximum atomic E-state index is 12.0. The van der Waals surface area contributed by atoms with Crippen molar-refractivity contribution in [3.8, 4) is 0 Å². The number of benzene rings is 1. The summed E-state index contributed by atoms with van der Waals surface area (Å²) in [6.45, 7) is 5.82. The van der Waals surface area contributed by atoms with Crippen LogP contribution in [0.5, 0.6) is 0 Å². The largest absolute Gasteiger partial charge is 0.315 e. The molecule has 2 saturated heterocycles. The molecule has 0 bridgehead atoms. The molecule has 0 aliphatic carbocycles. The Morgan fingerprint density at radius 1 is 1.35 bits per heavy atom. The van der Waals surface area contributed by atoms with Gasteiger partial charge in [0.25, 0.3) is 0 Å². The van der Waals surface area contributed by atoms with E-state index < -0.39 is 9.84 Å². The molecule has 0 N–H and O–H groups in total. The number of anilines is 1. The van der Waals surface area contributed by atoms with Gasteiger partial charge in [0.15, 0.2) is 15.0 Å². The van der Waals surface area contributed by atoms with Crippen molar-refractivity contribution >= 4 is 38.4 Å². The quantitative estimate of drug-likeness (QED) is 0.817. The Kier molecular flexibility index (Phi) is 4.27. The van der Waals surface area contributed by atoms with Crippen LogP contribution in [0.15, 0.2) is 23.2 Å². The van der Waals surface area contributed by atoms with Gasteiger partial charge in [-0.05, 0) is 31.0 Å². The molecular formula is C16H20N2O3S2. The molecule has 0 unspecified atom stereocenters. The number of amides is 1. The lowest BCUT2D eigenvalue weighted by Crippen LogP contribution is -2.38. The number of fused-ring (bicyclic) bond motifs is 1. The highest BCUT2D eigenvalue weighted by molar-refractivity contribution is 8.16. The summed E-state index contributed by atoms with van der Waals surface area (Å²) >= 11 is 1.42. The molecule has 2 heterocycles. The molecule has 0 spiro atoms. The molecule has 3 rings (SSSR count). The fourth-order valence-electron chi connectivity index (χ4n) is 3.03. The number of sulfone groups is 1. The van der Waals surface area contributed by atoms with Crippen LogP contribution < -0.4 is 4.90 Å². The lowest BCUT2D eigenvalue weighted by atomic mass is 10.1. The van der Waals surface area contributed by atoms with E-state index in [1.54, 1.807) is 6.92 Å². The fourth-order valence-corrected chi connectivity index (χ4v) is 6.95.